The quantitative estimate of drug-likeness (QED) is 0.491. The molecule has 188 valence electrons. The van der Waals surface area contributed by atoms with Crippen molar-refractivity contribution in [3.05, 3.63) is 53.6 Å². The predicted molar refractivity (Wildman–Crippen MR) is 136 cm³/mol. The molecular formula is C26H38N2O5S. The van der Waals surface area contributed by atoms with Crippen LogP contribution in [0.15, 0.2) is 47.4 Å². The largest absolute Gasteiger partial charge is 0.388 e. The van der Waals surface area contributed by atoms with Gasteiger partial charge in [-0.05, 0) is 54.7 Å². The number of aliphatic hydroxyl groups is 1. The van der Waals surface area contributed by atoms with Crippen LogP contribution in [0.2, 0.25) is 0 Å². The molecule has 0 spiro atoms. The molecule has 0 saturated carbocycles. The molecule has 2 aliphatic rings. The van der Waals surface area contributed by atoms with Gasteiger partial charge >= 0.3 is 0 Å². The molecule has 2 aromatic rings. The van der Waals surface area contributed by atoms with Crippen molar-refractivity contribution in [2.24, 2.45) is 11.3 Å². The van der Waals surface area contributed by atoms with Crippen LogP contribution >= 0.6 is 0 Å². The van der Waals surface area contributed by atoms with Gasteiger partial charge in [-0.25, -0.2) is 0 Å². The summed E-state index contributed by atoms with van der Waals surface area (Å²) < 4.78 is 36.9. The number of nitrogens with one attached hydrogen (secondary N) is 1. The van der Waals surface area contributed by atoms with Crippen LogP contribution in [0.1, 0.15) is 51.3 Å². The van der Waals surface area contributed by atoms with E-state index in [9.17, 15) is 13.5 Å². The van der Waals surface area contributed by atoms with Crippen molar-refractivity contribution in [2.45, 2.75) is 51.5 Å². The van der Waals surface area contributed by atoms with E-state index in [1.165, 1.54) is 23.4 Å². The van der Waals surface area contributed by atoms with Gasteiger partial charge in [-0.3, -0.25) is 4.55 Å². The number of fused-ring (bicyclic) bond motifs is 1. The van der Waals surface area contributed by atoms with Gasteiger partial charge in [0, 0.05) is 42.0 Å². The maximum absolute atomic E-state index is 11.2. The number of anilines is 2. The highest BCUT2D eigenvalue weighted by molar-refractivity contribution is 7.85. The number of aliphatic hydroxyl groups excluding tert-OH is 1. The van der Waals surface area contributed by atoms with Crippen molar-refractivity contribution in [3.63, 3.8) is 0 Å². The molecular weight excluding hydrogens is 452 g/mol. The van der Waals surface area contributed by atoms with Crippen molar-refractivity contribution in [1.29, 1.82) is 0 Å². The van der Waals surface area contributed by atoms with E-state index in [0.717, 1.165) is 31.7 Å². The lowest BCUT2D eigenvalue weighted by Crippen LogP contribution is -2.50. The zero-order chi connectivity index (χ0) is 24.9. The Morgan fingerprint density at radius 2 is 1.85 bits per heavy atom. The highest BCUT2D eigenvalue weighted by Gasteiger charge is 2.37. The summed E-state index contributed by atoms with van der Waals surface area (Å²) >= 11 is 0. The Balaban J connectivity index is 0.000000215. The van der Waals surface area contributed by atoms with Gasteiger partial charge in [-0.2, -0.15) is 8.42 Å². The van der Waals surface area contributed by atoms with Gasteiger partial charge in [0.25, 0.3) is 10.1 Å². The number of rotatable bonds is 7. The van der Waals surface area contributed by atoms with E-state index < -0.39 is 16.2 Å². The average Bonchev–Trinajstić information content (AvgIpc) is 2.78. The number of nitrogens with zero attached hydrogens (tertiary/aromatic N) is 1. The average molecular weight is 491 g/mol. The lowest BCUT2D eigenvalue weighted by molar-refractivity contribution is -0.0959. The van der Waals surface area contributed by atoms with E-state index in [2.05, 4.69) is 62.2 Å². The zero-order valence-corrected chi connectivity index (χ0v) is 21.4. The summed E-state index contributed by atoms with van der Waals surface area (Å²) in [6, 6.07) is 13.1. The van der Waals surface area contributed by atoms with Crippen molar-refractivity contribution in [1.82, 2.24) is 0 Å². The molecule has 2 aromatic carbocycles. The Morgan fingerprint density at radius 1 is 1.18 bits per heavy atom. The van der Waals surface area contributed by atoms with Gasteiger partial charge in [-0.1, -0.05) is 39.8 Å². The lowest BCUT2D eigenvalue weighted by Gasteiger charge is -2.44. The molecule has 4 rings (SSSR count). The molecule has 1 unspecified atom stereocenters. The smallest absolute Gasteiger partial charge is 0.294 e. The van der Waals surface area contributed by atoms with Crippen LogP contribution in [0.4, 0.5) is 11.4 Å². The SMILES string of the molecule is CC1(CN2CCC(O)c3cc(S(=O)(=O)O)ccc32)COC1.CCc1ccc(NCC(C)C)cc1. The molecule has 7 nitrogen and oxygen atoms in total. The molecule has 3 N–H and O–H groups in total. The third kappa shape index (κ3) is 6.95. The van der Waals surface area contributed by atoms with Gasteiger partial charge < -0.3 is 20.1 Å². The van der Waals surface area contributed by atoms with E-state index >= 15 is 0 Å². The maximum atomic E-state index is 11.2. The molecule has 8 heteroatoms. The summed E-state index contributed by atoms with van der Waals surface area (Å²) in [5, 5.41) is 13.5. The van der Waals surface area contributed by atoms with Crippen molar-refractivity contribution >= 4 is 21.5 Å². The van der Waals surface area contributed by atoms with Crippen LogP contribution in [0, 0.1) is 11.3 Å². The Labute approximate surface area is 203 Å². The molecule has 0 amide bonds. The number of hydrogen-bond acceptors (Lipinski definition) is 6. The molecule has 0 bridgehead atoms. The molecule has 0 aliphatic carbocycles. The van der Waals surface area contributed by atoms with Crippen LogP contribution in [0.5, 0.6) is 0 Å². The van der Waals surface area contributed by atoms with E-state index in [1.807, 2.05) is 0 Å². The second kappa shape index (κ2) is 11.1. The van der Waals surface area contributed by atoms with E-state index in [4.69, 9.17) is 9.29 Å². The minimum absolute atomic E-state index is 0.0985. The summed E-state index contributed by atoms with van der Waals surface area (Å²) in [5.74, 6) is 0.700. The number of benzene rings is 2. The van der Waals surface area contributed by atoms with Crippen LogP contribution in [-0.4, -0.2) is 50.9 Å². The second-order valence-electron chi connectivity index (χ2n) is 10.1. The van der Waals surface area contributed by atoms with Crippen molar-refractivity contribution < 1.29 is 22.8 Å². The fourth-order valence-electron chi connectivity index (χ4n) is 4.15. The molecule has 2 aliphatic heterocycles. The van der Waals surface area contributed by atoms with Gasteiger partial charge in [0.05, 0.1) is 24.2 Å². The van der Waals surface area contributed by atoms with Crippen molar-refractivity contribution in [2.75, 3.05) is 43.1 Å². The highest BCUT2D eigenvalue weighted by atomic mass is 32.2. The fourth-order valence-corrected chi connectivity index (χ4v) is 4.67. The Bertz CT molecular complexity index is 1050. The summed E-state index contributed by atoms with van der Waals surface area (Å²) in [6.45, 7) is 12.7. The Kier molecular flexibility index (Phi) is 8.62. The molecule has 0 aromatic heterocycles. The normalized spacial score (nSPS) is 19.0. The van der Waals surface area contributed by atoms with Crippen LogP contribution in [0.25, 0.3) is 0 Å². The van der Waals surface area contributed by atoms with E-state index in [-0.39, 0.29) is 10.3 Å². The Morgan fingerprint density at radius 3 is 2.38 bits per heavy atom. The topological polar surface area (TPSA) is 99.1 Å². The third-order valence-electron chi connectivity index (χ3n) is 6.22. The third-order valence-corrected chi connectivity index (χ3v) is 7.07. The van der Waals surface area contributed by atoms with Gasteiger partial charge in [-0.15, -0.1) is 0 Å². The first-order chi connectivity index (χ1) is 16.0. The standard InChI is InChI=1S/C14H19NO5S.C12H19N/c1-14(8-20-9-14)7-15-5-4-13(16)11-6-10(21(17,18)19)2-3-12(11)15;1-4-11-5-7-12(8-6-11)13-9-10(2)3/h2-3,6,13,16H,4-5,7-9H2,1H3,(H,17,18,19);5-8,10,13H,4,9H2,1-3H3. The number of hydrogen-bond donors (Lipinski definition) is 3. The molecule has 1 atom stereocenters. The van der Waals surface area contributed by atoms with Crippen molar-refractivity contribution in [3.8, 4) is 0 Å². The summed E-state index contributed by atoms with van der Waals surface area (Å²) in [7, 11) is -4.26. The molecule has 34 heavy (non-hydrogen) atoms. The number of ether oxygens (including phenoxy) is 1. The first-order valence-corrected chi connectivity index (χ1v) is 13.4. The van der Waals surface area contributed by atoms with Gasteiger partial charge in [0.2, 0.25) is 0 Å². The Hall–Kier alpha value is -2.13. The van der Waals surface area contributed by atoms with Gasteiger partial charge in [0.15, 0.2) is 0 Å². The predicted octanol–water partition coefficient (Wildman–Crippen LogP) is 4.53. The van der Waals surface area contributed by atoms with Crippen LogP contribution in [-0.2, 0) is 21.3 Å². The zero-order valence-electron chi connectivity index (χ0n) is 20.6. The van der Waals surface area contributed by atoms with E-state index in [0.29, 0.717) is 31.1 Å². The van der Waals surface area contributed by atoms with Crippen LogP contribution < -0.4 is 10.2 Å². The maximum Gasteiger partial charge on any atom is 0.294 e. The molecule has 1 fully saturated rings. The monoisotopic (exact) mass is 490 g/mol. The minimum Gasteiger partial charge on any atom is -0.388 e. The lowest BCUT2D eigenvalue weighted by atomic mass is 9.86. The molecule has 1 saturated heterocycles. The second-order valence-corrected chi connectivity index (χ2v) is 11.5. The molecule has 2 heterocycles. The minimum atomic E-state index is -4.26. The first-order valence-electron chi connectivity index (χ1n) is 12.0. The number of aryl methyl sites for hydroxylation is 1. The summed E-state index contributed by atoms with van der Waals surface area (Å²) in [4.78, 5) is 1.97. The molecule has 0 radical (unpaired) electrons. The first kappa shape index (κ1) is 26.5. The van der Waals surface area contributed by atoms with E-state index in [1.54, 1.807) is 6.07 Å². The van der Waals surface area contributed by atoms with Gasteiger partial charge in [0.1, 0.15) is 0 Å². The summed E-state index contributed by atoms with van der Waals surface area (Å²) in [5.41, 5.74) is 4.11. The fraction of sp³-hybridized carbons (Fsp3) is 0.538. The summed E-state index contributed by atoms with van der Waals surface area (Å²) in [6.07, 6.45) is 0.951. The van der Waals surface area contributed by atoms with Crippen LogP contribution in [0.3, 0.4) is 0 Å². The highest BCUT2D eigenvalue weighted by Crippen LogP contribution is 2.38.